The van der Waals surface area contributed by atoms with Gasteiger partial charge in [-0.1, -0.05) is 13.5 Å². The van der Waals surface area contributed by atoms with Crippen LogP contribution in [0.25, 0.3) is 0 Å². The summed E-state index contributed by atoms with van der Waals surface area (Å²) >= 11 is 0. The van der Waals surface area contributed by atoms with E-state index in [0.717, 1.165) is 19.3 Å². The van der Waals surface area contributed by atoms with E-state index in [-0.39, 0.29) is 41.4 Å². The largest absolute Gasteiger partial charge is 0.364 e. The van der Waals surface area contributed by atoms with Gasteiger partial charge in [-0.2, -0.15) is 10.1 Å². The minimum Gasteiger partial charge on any atom is -0.364 e. The Hall–Kier alpha value is -3.50. The lowest BCUT2D eigenvalue weighted by Crippen LogP contribution is -2.48. The molecule has 3 rings (SSSR count). The third-order valence-electron chi connectivity index (χ3n) is 5.01. The predicted molar refractivity (Wildman–Crippen MR) is 107 cm³/mol. The van der Waals surface area contributed by atoms with Crippen molar-refractivity contribution in [2.75, 3.05) is 10.6 Å². The summed E-state index contributed by atoms with van der Waals surface area (Å²) in [6, 6.07) is 0.0592. The average Bonchev–Trinajstić information content (AvgIpc) is 3.09. The molecule has 2 heterocycles. The zero-order valence-corrected chi connectivity index (χ0v) is 16.4. The topological polar surface area (TPSA) is 153 Å². The quantitative estimate of drug-likeness (QED) is 0.497. The number of hydrogen-bond acceptors (Lipinski definition) is 8. The van der Waals surface area contributed by atoms with Crippen molar-refractivity contribution in [2.24, 2.45) is 18.7 Å². The highest BCUT2D eigenvalue weighted by Gasteiger charge is 2.31. The number of carbonyl (C=O) groups is 2. The summed E-state index contributed by atoms with van der Waals surface area (Å²) < 4.78 is 1.61. The van der Waals surface area contributed by atoms with E-state index in [0.29, 0.717) is 5.69 Å². The van der Waals surface area contributed by atoms with Crippen molar-refractivity contribution < 1.29 is 9.59 Å². The van der Waals surface area contributed by atoms with Gasteiger partial charge >= 0.3 is 0 Å². The van der Waals surface area contributed by atoms with Crippen LogP contribution in [-0.2, 0) is 11.8 Å². The predicted octanol–water partition coefficient (Wildman–Crippen LogP) is 0.719. The second-order valence-electron chi connectivity index (χ2n) is 7.08. The Morgan fingerprint density at radius 1 is 1.31 bits per heavy atom. The van der Waals surface area contributed by atoms with Crippen molar-refractivity contribution in [1.82, 2.24) is 30.3 Å². The maximum atomic E-state index is 11.7. The molecule has 29 heavy (non-hydrogen) atoms. The molecule has 2 aromatic rings. The molecule has 0 spiro atoms. The highest BCUT2D eigenvalue weighted by molar-refractivity contribution is 5.96. The van der Waals surface area contributed by atoms with E-state index in [1.54, 1.807) is 24.1 Å². The molecule has 1 aliphatic rings. The number of rotatable bonds is 7. The molecule has 0 bridgehead atoms. The van der Waals surface area contributed by atoms with Crippen molar-refractivity contribution in [3.63, 3.8) is 0 Å². The van der Waals surface area contributed by atoms with Crippen LogP contribution < -0.4 is 21.7 Å². The van der Waals surface area contributed by atoms with Gasteiger partial charge in [0.25, 0.3) is 5.91 Å². The van der Waals surface area contributed by atoms with Crippen molar-refractivity contribution in [2.45, 2.75) is 38.3 Å². The first-order chi connectivity index (χ1) is 13.9. The summed E-state index contributed by atoms with van der Waals surface area (Å²) in [5, 5.41) is 21.2. The number of aryl methyl sites for hydroxylation is 1. The highest BCUT2D eigenvalue weighted by Crippen LogP contribution is 2.27. The molecule has 11 heteroatoms. The molecule has 0 saturated heterocycles. The zero-order valence-electron chi connectivity index (χ0n) is 16.4. The Bertz CT molecular complexity index is 910. The fourth-order valence-electron chi connectivity index (χ4n) is 3.44. The SMILES string of the molecule is C=CC(=O)NC1CCC[C@@H](Nc2nnc(C(N)=O)c(Nc3cnn(C)c3)n2)[C@H]1C. The zero-order chi connectivity index (χ0) is 21.0. The summed E-state index contributed by atoms with van der Waals surface area (Å²) in [5.74, 6) is -0.311. The molecule has 0 aromatic carbocycles. The van der Waals surface area contributed by atoms with E-state index in [9.17, 15) is 9.59 Å². The molecule has 11 nitrogen and oxygen atoms in total. The minimum absolute atomic E-state index is 0.0255. The number of carbonyl (C=O) groups excluding carboxylic acids is 2. The lowest BCUT2D eigenvalue weighted by Gasteiger charge is -2.36. The molecule has 1 unspecified atom stereocenters. The normalized spacial score (nSPS) is 21.2. The van der Waals surface area contributed by atoms with Gasteiger partial charge in [0.05, 0.1) is 11.9 Å². The highest BCUT2D eigenvalue weighted by atomic mass is 16.2. The average molecular weight is 399 g/mol. The van der Waals surface area contributed by atoms with Gasteiger partial charge in [-0.3, -0.25) is 14.3 Å². The van der Waals surface area contributed by atoms with Crippen LogP contribution in [-0.4, -0.2) is 48.9 Å². The molecule has 2 aromatic heterocycles. The van der Waals surface area contributed by atoms with E-state index in [4.69, 9.17) is 5.73 Å². The van der Waals surface area contributed by atoms with Crippen LogP contribution in [0.15, 0.2) is 25.0 Å². The number of nitrogens with two attached hydrogens (primary N) is 1. The molecular formula is C18H25N9O2. The van der Waals surface area contributed by atoms with Crippen LogP contribution in [0.4, 0.5) is 17.5 Å². The van der Waals surface area contributed by atoms with E-state index in [1.165, 1.54) is 6.08 Å². The van der Waals surface area contributed by atoms with Crippen molar-refractivity contribution in [3.05, 3.63) is 30.7 Å². The molecule has 1 fully saturated rings. The van der Waals surface area contributed by atoms with Crippen molar-refractivity contribution in [3.8, 4) is 0 Å². The Balaban J connectivity index is 1.77. The molecule has 1 saturated carbocycles. The van der Waals surface area contributed by atoms with Gasteiger partial charge < -0.3 is 21.7 Å². The maximum Gasteiger partial charge on any atom is 0.273 e. The lowest BCUT2D eigenvalue weighted by atomic mass is 9.81. The number of nitrogens with zero attached hydrogens (tertiary/aromatic N) is 5. The monoisotopic (exact) mass is 399 g/mol. The van der Waals surface area contributed by atoms with Gasteiger partial charge in [0.2, 0.25) is 11.9 Å². The Kier molecular flexibility index (Phi) is 6.05. The van der Waals surface area contributed by atoms with Gasteiger partial charge in [-0.25, -0.2) is 0 Å². The van der Waals surface area contributed by atoms with Gasteiger partial charge in [0, 0.05) is 25.3 Å². The number of aromatic nitrogens is 5. The third-order valence-corrected chi connectivity index (χ3v) is 5.01. The number of nitrogens with one attached hydrogen (secondary N) is 3. The van der Waals surface area contributed by atoms with Crippen LogP contribution in [0, 0.1) is 5.92 Å². The fraction of sp³-hybridized carbons (Fsp3) is 0.444. The van der Waals surface area contributed by atoms with Crippen molar-refractivity contribution in [1.29, 1.82) is 0 Å². The van der Waals surface area contributed by atoms with E-state index in [1.807, 2.05) is 0 Å². The molecule has 2 amide bonds. The van der Waals surface area contributed by atoms with Gasteiger partial charge in [0.1, 0.15) is 0 Å². The summed E-state index contributed by atoms with van der Waals surface area (Å²) in [6.45, 7) is 5.56. The van der Waals surface area contributed by atoms with Crippen LogP contribution in [0.1, 0.15) is 36.7 Å². The second-order valence-corrected chi connectivity index (χ2v) is 7.08. The number of anilines is 3. The summed E-state index contributed by atoms with van der Waals surface area (Å²) in [5.41, 5.74) is 5.97. The van der Waals surface area contributed by atoms with Crippen LogP contribution in [0.5, 0.6) is 0 Å². The number of primary amides is 1. The molecule has 5 N–H and O–H groups in total. The first-order valence-corrected chi connectivity index (χ1v) is 9.37. The van der Waals surface area contributed by atoms with E-state index in [2.05, 4.69) is 49.7 Å². The number of hydrogen-bond donors (Lipinski definition) is 4. The Morgan fingerprint density at radius 3 is 2.72 bits per heavy atom. The fourth-order valence-corrected chi connectivity index (χ4v) is 3.44. The summed E-state index contributed by atoms with van der Waals surface area (Å²) in [7, 11) is 1.78. The molecule has 3 atom stereocenters. The van der Waals surface area contributed by atoms with Gasteiger partial charge in [0.15, 0.2) is 11.5 Å². The molecule has 154 valence electrons. The second kappa shape index (κ2) is 8.67. The van der Waals surface area contributed by atoms with Crippen LogP contribution in [0.3, 0.4) is 0 Å². The standard InChI is InChI=1S/C18H25N9O2/c1-4-14(28)22-12-6-5-7-13(10(12)2)23-18-24-17(15(16(19)29)25-26-18)21-11-8-20-27(3)9-11/h4,8-10,12-13H,1,5-7H2,2-3H3,(H2,19,29)(H,22,28)(H2,21,23,24,26)/t10-,12?,13+/m0/s1. The lowest BCUT2D eigenvalue weighted by molar-refractivity contribution is -0.117. The van der Waals surface area contributed by atoms with Gasteiger partial charge in [-0.05, 0) is 31.3 Å². The minimum atomic E-state index is -0.735. The molecule has 1 aliphatic carbocycles. The Morgan fingerprint density at radius 2 is 2.07 bits per heavy atom. The van der Waals surface area contributed by atoms with E-state index >= 15 is 0 Å². The van der Waals surface area contributed by atoms with Crippen LogP contribution >= 0.6 is 0 Å². The number of amides is 2. The first kappa shape index (κ1) is 20.2. The summed E-state index contributed by atoms with van der Waals surface area (Å²) in [4.78, 5) is 27.8. The molecule has 0 radical (unpaired) electrons. The summed E-state index contributed by atoms with van der Waals surface area (Å²) in [6.07, 6.45) is 7.33. The maximum absolute atomic E-state index is 11.7. The Labute approximate surface area is 168 Å². The van der Waals surface area contributed by atoms with E-state index < -0.39 is 5.91 Å². The third kappa shape index (κ3) is 4.86. The smallest absolute Gasteiger partial charge is 0.273 e. The molecular weight excluding hydrogens is 374 g/mol. The molecule has 0 aliphatic heterocycles. The van der Waals surface area contributed by atoms with Gasteiger partial charge in [-0.15, -0.1) is 10.2 Å². The first-order valence-electron chi connectivity index (χ1n) is 9.37. The van der Waals surface area contributed by atoms with Crippen LogP contribution in [0.2, 0.25) is 0 Å². The van der Waals surface area contributed by atoms with Crippen molar-refractivity contribution >= 4 is 29.3 Å².